The van der Waals surface area contributed by atoms with Crippen LogP contribution in [-0.4, -0.2) is 49.9 Å². The van der Waals surface area contributed by atoms with Gasteiger partial charge in [-0.2, -0.15) is 0 Å². The number of aliphatic imine (C=N–C) groups is 1. The lowest BCUT2D eigenvalue weighted by atomic mass is 9.90. The zero-order valence-corrected chi connectivity index (χ0v) is 17.8. The Morgan fingerprint density at radius 2 is 1.83 bits per heavy atom. The maximum atomic E-state index is 11.8. The van der Waals surface area contributed by atoms with E-state index < -0.39 is 0 Å². The minimum absolute atomic E-state index is 0.311. The number of amidine groups is 1. The number of nitrogens with zero attached hydrogens (tertiary/aromatic N) is 3. The number of benzene rings is 1. The van der Waals surface area contributed by atoms with E-state index in [9.17, 15) is 4.79 Å². The molecule has 2 aliphatic heterocycles. The standard InChI is InChI=1S/C24H33N3O2/c1-3-26(2)24(25-21-10-4-5-11-21)29-22(17-28)16-18-14-19-8-6-12-27-13-7-9-20(15-18)23(19)27/h14-17,21H,3-13H2,1-2H3/b22-16+,25-24+. The average Bonchev–Trinajstić information content (AvgIpc) is 3.25. The first kappa shape index (κ1) is 20.0. The Bertz CT molecular complexity index is 777. The number of rotatable bonds is 5. The second-order valence-corrected chi connectivity index (χ2v) is 8.51. The van der Waals surface area contributed by atoms with Crippen molar-refractivity contribution in [2.24, 2.45) is 4.99 Å². The molecule has 0 N–H and O–H groups in total. The Morgan fingerprint density at radius 1 is 1.17 bits per heavy atom. The second kappa shape index (κ2) is 9.02. The van der Waals surface area contributed by atoms with Gasteiger partial charge in [-0.25, -0.2) is 4.99 Å². The number of allylic oxidation sites excluding steroid dienone is 1. The summed E-state index contributed by atoms with van der Waals surface area (Å²) in [5.74, 6) is 0.331. The van der Waals surface area contributed by atoms with E-state index in [1.807, 2.05) is 18.0 Å². The molecule has 1 aliphatic carbocycles. The van der Waals surface area contributed by atoms with Crippen LogP contribution < -0.4 is 4.90 Å². The Labute approximate surface area is 174 Å². The summed E-state index contributed by atoms with van der Waals surface area (Å²) < 4.78 is 6.03. The highest BCUT2D eigenvalue weighted by Crippen LogP contribution is 2.36. The van der Waals surface area contributed by atoms with Crippen LogP contribution in [0.4, 0.5) is 5.69 Å². The van der Waals surface area contributed by atoms with Crippen molar-refractivity contribution in [3.63, 3.8) is 0 Å². The van der Waals surface area contributed by atoms with E-state index in [-0.39, 0.29) is 0 Å². The van der Waals surface area contributed by atoms with Gasteiger partial charge in [0.2, 0.25) is 0 Å². The number of hydrogen-bond acceptors (Lipinski definition) is 4. The monoisotopic (exact) mass is 395 g/mol. The molecule has 1 aromatic carbocycles. The smallest absolute Gasteiger partial charge is 0.292 e. The zero-order chi connectivity index (χ0) is 20.2. The molecule has 3 aliphatic rings. The molecule has 0 bridgehead atoms. The van der Waals surface area contributed by atoms with Gasteiger partial charge in [-0.05, 0) is 80.3 Å². The van der Waals surface area contributed by atoms with Crippen molar-refractivity contribution >= 4 is 24.1 Å². The number of carbonyl (C=O) groups is 1. The van der Waals surface area contributed by atoms with E-state index in [0.717, 1.165) is 44.1 Å². The topological polar surface area (TPSA) is 45.1 Å². The normalized spacial score (nSPS) is 19.9. The molecule has 0 radical (unpaired) electrons. The van der Waals surface area contributed by atoms with E-state index in [1.54, 1.807) is 0 Å². The van der Waals surface area contributed by atoms with E-state index in [4.69, 9.17) is 9.73 Å². The lowest BCUT2D eigenvalue weighted by Crippen LogP contribution is -2.34. The van der Waals surface area contributed by atoms with Gasteiger partial charge in [0.25, 0.3) is 6.02 Å². The largest absolute Gasteiger partial charge is 0.422 e. The average molecular weight is 396 g/mol. The summed E-state index contributed by atoms with van der Waals surface area (Å²) in [5, 5.41) is 0. The van der Waals surface area contributed by atoms with E-state index >= 15 is 0 Å². The van der Waals surface area contributed by atoms with Gasteiger partial charge in [0.1, 0.15) is 0 Å². The maximum Gasteiger partial charge on any atom is 0.292 e. The summed E-state index contributed by atoms with van der Waals surface area (Å²) in [6.07, 6.45) is 12.0. The first-order chi connectivity index (χ1) is 14.2. The van der Waals surface area contributed by atoms with Gasteiger partial charge in [0.05, 0.1) is 6.04 Å². The molecular formula is C24H33N3O2. The second-order valence-electron chi connectivity index (χ2n) is 8.51. The number of anilines is 1. The molecule has 5 nitrogen and oxygen atoms in total. The predicted octanol–water partition coefficient (Wildman–Crippen LogP) is 4.19. The Kier molecular flexibility index (Phi) is 6.22. The third-order valence-electron chi connectivity index (χ3n) is 6.41. The zero-order valence-electron chi connectivity index (χ0n) is 17.8. The van der Waals surface area contributed by atoms with Crippen LogP contribution >= 0.6 is 0 Å². The van der Waals surface area contributed by atoms with Crippen molar-refractivity contribution in [3.8, 4) is 0 Å². The van der Waals surface area contributed by atoms with E-state index in [1.165, 1.54) is 55.6 Å². The fraction of sp³-hybridized carbons (Fsp3) is 0.583. The quantitative estimate of drug-likeness (QED) is 0.247. The Hall–Kier alpha value is -2.30. The molecule has 29 heavy (non-hydrogen) atoms. The van der Waals surface area contributed by atoms with Crippen LogP contribution in [0.15, 0.2) is 22.9 Å². The van der Waals surface area contributed by atoms with Crippen LogP contribution in [0.1, 0.15) is 62.1 Å². The molecule has 0 aromatic heterocycles. The van der Waals surface area contributed by atoms with Crippen LogP contribution in [0.5, 0.6) is 0 Å². The molecule has 0 spiro atoms. The molecule has 1 fully saturated rings. The SMILES string of the molecule is CCN(C)/C(=N\C1CCCC1)O/C(C=O)=C/c1cc2c3c(c1)CCCN3CCC2. The van der Waals surface area contributed by atoms with E-state index in [2.05, 4.69) is 24.0 Å². The predicted molar refractivity (Wildman–Crippen MR) is 118 cm³/mol. The highest BCUT2D eigenvalue weighted by molar-refractivity contribution is 5.86. The molecule has 1 saturated carbocycles. The Morgan fingerprint density at radius 3 is 2.41 bits per heavy atom. The molecular weight excluding hydrogens is 362 g/mol. The van der Waals surface area contributed by atoms with Crippen molar-refractivity contribution in [2.75, 3.05) is 31.6 Å². The summed E-state index contributed by atoms with van der Waals surface area (Å²) in [4.78, 5) is 21.1. The van der Waals surface area contributed by atoms with Crippen LogP contribution in [0.25, 0.3) is 6.08 Å². The van der Waals surface area contributed by atoms with Gasteiger partial charge < -0.3 is 14.5 Å². The van der Waals surface area contributed by atoms with Gasteiger partial charge in [0.15, 0.2) is 12.0 Å². The van der Waals surface area contributed by atoms with E-state index in [0.29, 0.717) is 17.8 Å². The minimum Gasteiger partial charge on any atom is -0.422 e. The van der Waals surface area contributed by atoms with Crippen molar-refractivity contribution in [3.05, 3.63) is 34.6 Å². The van der Waals surface area contributed by atoms with Gasteiger partial charge in [-0.3, -0.25) is 4.79 Å². The number of hydrogen-bond donors (Lipinski definition) is 0. The van der Waals surface area contributed by atoms with Crippen molar-refractivity contribution < 1.29 is 9.53 Å². The van der Waals surface area contributed by atoms with Gasteiger partial charge >= 0.3 is 0 Å². The molecule has 0 unspecified atom stereocenters. The van der Waals surface area contributed by atoms with Crippen molar-refractivity contribution in [2.45, 2.75) is 64.3 Å². The number of carbonyl (C=O) groups excluding carboxylic acids is 1. The maximum absolute atomic E-state index is 11.8. The van der Waals surface area contributed by atoms with Gasteiger partial charge in [-0.15, -0.1) is 0 Å². The molecule has 5 heteroatoms. The summed E-state index contributed by atoms with van der Waals surface area (Å²) in [6, 6.07) is 5.34. The third-order valence-corrected chi connectivity index (χ3v) is 6.41. The molecule has 0 saturated heterocycles. The minimum atomic E-state index is 0.311. The van der Waals surface area contributed by atoms with Crippen LogP contribution in [0.2, 0.25) is 0 Å². The highest BCUT2D eigenvalue weighted by atomic mass is 16.5. The molecule has 2 heterocycles. The number of ether oxygens (including phenoxy) is 1. The van der Waals surface area contributed by atoms with Crippen LogP contribution in [0.3, 0.4) is 0 Å². The van der Waals surface area contributed by atoms with Crippen LogP contribution in [-0.2, 0) is 22.4 Å². The molecule has 156 valence electrons. The van der Waals surface area contributed by atoms with Gasteiger partial charge in [0, 0.05) is 32.4 Å². The lowest BCUT2D eigenvalue weighted by molar-refractivity contribution is -0.106. The number of aldehydes is 1. The summed E-state index contributed by atoms with van der Waals surface area (Å²) in [7, 11) is 1.97. The summed E-state index contributed by atoms with van der Waals surface area (Å²) in [5.41, 5.74) is 5.33. The first-order valence-corrected chi connectivity index (χ1v) is 11.2. The summed E-state index contributed by atoms with van der Waals surface area (Å²) >= 11 is 0. The molecule has 1 aromatic rings. The first-order valence-electron chi connectivity index (χ1n) is 11.2. The number of aryl methyl sites for hydroxylation is 2. The fourth-order valence-corrected chi connectivity index (χ4v) is 4.80. The lowest BCUT2D eigenvalue weighted by Gasteiger charge is -2.37. The van der Waals surface area contributed by atoms with Crippen molar-refractivity contribution in [1.29, 1.82) is 0 Å². The molecule has 0 amide bonds. The summed E-state index contributed by atoms with van der Waals surface area (Å²) in [6.45, 7) is 5.19. The molecule has 4 rings (SSSR count). The van der Waals surface area contributed by atoms with Crippen LogP contribution in [0, 0.1) is 0 Å². The highest BCUT2D eigenvalue weighted by Gasteiger charge is 2.24. The third kappa shape index (κ3) is 4.49. The van der Waals surface area contributed by atoms with Crippen molar-refractivity contribution in [1.82, 2.24) is 4.90 Å². The Balaban J connectivity index is 1.60. The fourth-order valence-electron chi connectivity index (χ4n) is 4.80. The molecule has 0 atom stereocenters. The van der Waals surface area contributed by atoms with Gasteiger partial charge in [-0.1, -0.05) is 12.8 Å².